The zero-order chi connectivity index (χ0) is 8.43. The van der Waals surface area contributed by atoms with Crippen LogP contribution < -0.4 is 11.2 Å². The highest BCUT2D eigenvalue weighted by Crippen LogP contribution is 2.15. The monoisotopic (exact) mass is 215 g/mol. The number of rotatable bonds is 1. The Kier molecular flexibility index (Phi) is 2.68. The van der Waals surface area contributed by atoms with Gasteiger partial charge in [0, 0.05) is 11.0 Å². The highest BCUT2D eigenvalue weighted by molar-refractivity contribution is 9.10. The van der Waals surface area contributed by atoms with Gasteiger partial charge in [-0.1, -0.05) is 27.5 Å². The molecule has 0 saturated heterocycles. The summed E-state index contributed by atoms with van der Waals surface area (Å²) >= 11 is 3.22. The van der Waals surface area contributed by atoms with Crippen LogP contribution in [0.4, 0.5) is 4.39 Å². The van der Waals surface area contributed by atoms with E-state index in [1.54, 1.807) is 13.9 Å². The number of hydrogen-bond acceptors (Lipinski definition) is 1. The zero-order valence-electron chi connectivity index (χ0n) is 6.20. The van der Waals surface area contributed by atoms with Crippen molar-refractivity contribution in [3.05, 3.63) is 28.0 Å². The topological polar surface area (TPSA) is 26.0 Å². The highest BCUT2D eigenvalue weighted by Gasteiger charge is 2.02. The van der Waals surface area contributed by atoms with Gasteiger partial charge in [-0.3, -0.25) is 0 Å². The summed E-state index contributed by atoms with van der Waals surface area (Å²) in [5.74, 6) is -0.200. The minimum absolute atomic E-state index is 0.200. The maximum Gasteiger partial charge on any atom is 0.143 e. The van der Waals surface area contributed by atoms with E-state index in [4.69, 9.17) is 5.73 Å². The van der Waals surface area contributed by atoms with Crippen LogP contribution in [0.3, 0.4) is 0 Å². The molecule has 0 aliphatic heterocycles. The molecule has 0 aromatic heterocycles. The molecule has 58 valence electrons. The van der Waals surface area contributed by atoms with E-state index in [0.717, 1.165) is 10.0 Å². The van der Waals surface area contributed by atoms with Crippen LogP contribution in [0.15, 0.2) is 16.6 Å². The van der Waals surface area contributed by atoms with E-state index in [1.807, 2.05) is 0 Å². The van der Waals surface area contributed by atoms with Crippen molar-refractivity contribution in [3.63, 3.8) is 0 Å². The molecule has 0 atom stereocenters. The molecule has 4 heteroatoms. The molecule has 0 radical (unpaired) electrons. The average Bonchev–Trinajstić information content (AvgIpc) is 1.97. The van der Waals surface area contributed by atoms with Crippen LogP contribution in [0.5, 0.6) is 0 Å². The standard InChI is InChI=1S/C7H8BBrFN/c8-5-1-4(3-11)6(9)2-7(5)10/h1-2H,3,8,11H2. The molecule has 0 amide bonds. The van der Waals surface area contributed by atoms with Crippen molar-refractivity contribution in [3.8, 4) is 0 Å². The number of benzene rings is 1. The van der Waals surface area contributed by atoms with Gasteiger partial charge >= 0.3 is 0 Å². The largest absolute Gasteiger partial charge is 0.326 e. The average molecular weight is 216 g/mol. The second-order valence-electron chi connectivity index (χ2n) is 2.40. The summed E-state index contributed by atoms with van der Waals surface area (Å²) in [6.45, 7) is 0.432. The van der Waals surface area contributed by atoms with Gasteiger partial charge in [-0.15, -0.1) is 0 Å². The van der Waals surface area contributed by atoms with Gasteiger partial charge in [0.25, 0.3) is 0 Å². The van der Waals surface area contributed by atoms with E-state index in [2.05, 4.69) is 15.9 Å². The van der Waals surface area contributed by atoms with Crippen molar-refractivity contribution in [2.45, 2.75) is 6.54 Å². The molecule has 1 aromatic rings. The first-order valence-corrected chi connectivity index (χ1v) is 4.09. The maximum atomic E-state index is 12.8. The molecule has 0 heterocycles. The summed E-state index contributed by atoms with van der Waals surface area (Å²) in [5.41, 5.74) is 6.98. The first-order chi connectivity index (χ1) is 5.15. The van der Waals surface area contributed by atoms with E-state index in [0.29, 0.717) is 12.0 Å². The maximum absolute atomic E-state index is 12.8. The number of nitrogens with two attached hydrogens (primary N) is 1. The van der Waals surface area contributed by atoms with Crippen LogP contribution in [0.25, 0.3) is 0 Å². The van der Waals surface area contributed by atoms with Crippen LogP contribution in [0.1, 0.15) is 5.56 Å². The van der Waals surface area contributed by atoms with Crippen molar-refractivity contribution in [2.75, 3.05) is 0 Å². The molecule has 0 fully saturated rings. The predicted molar refractivity (Wildman–Crippen MR) is 50.2 cm³/mol. The van der Waals surface area contributed by atoms with E-state index >= 15 is 0 Å². The molecule has 0 aliphatic rings. The Bertz CT molecular complexity index is 277. The molecule has 1 aromatic carbocycles. The third kappa shape index (κ3) is 1.82. The Morgan fingerprint density at radius 2 is 2.18 bits per heavy atom. The fraction of sp³-hybridized carbons (Fsp3) is 0.143. The molecular formula is C7H8BBrFN. The van der Waals surface area contributed by atoms with E-state index in [9.17, 15) is 4.39 Å². The second-order valence-corrected chi connectivity index (χ2v) is 3.25. The lowest BCUT2D eigenvalue weighted by molar-refractivity contribution is 0.634. The van der Waals surface area contributed by atoms with Crippen molar-refractivity contribution in [1.29, 1.82) is 0 Å². The summed E-state index contributed by atoms with van der Waals surface area (Å²) in [4.78, 5) is 0. The quantitative estimate of drug-likeness (QED) is 0.671. The van der Waals surface area contributed by atoms with Gasteiger partial charge in [-0.05, 0) is 11.6 Å². The lowest BCUT2D eigenvalue weighted by Crippen LogP contribution is -2.11. The van der Waals surface area contributed by atoms with Crippen LogP contribution in [-0.4, -0.2) is 7.85 Å². The normalized spacial score (nSPS) is 10.1. The van der Waals surface area contributed by atoms with Gasteiger partial charge in [-0.25, -0.2) is 4.39 Å². The molecule has 11 heavy (non-hydrogen) atoms. The van der Waals surface area contributed by atoms with Crippen molar-refractivity contribution in [2.24, 2.45) is 5.73 Å². The summed E-state index contributed by atoms with van der Waals surface area (Å²) in [6.07, 6.45) is 0. The lowest BCUT2D eigenvalue weighted by Gasteiger charge is -2.03. The van der Waals surface area contributed by atoms with Crippen LogP contribution in [-0.2, 0) is 6.54 Å². The summed E-state index contributed by atoms with van der Waals surface area (Å²) in [5, 5.41) is 0. The number of halogens is 2. The van der Waals surface area contributed by atoms with Gasteiger partial charge in [0.15, 0.2) is 0 Å². The van der Waals surface area contributed by atoms with E-state index in [1.165, 1.54) is 6.07 Å². The third-order valence-corrected chi connectivity index (χ3v) is 2.29. The Morgan fingerprint density at radius 1 is 1.55 bits per heavy atom. The minimum Gasteiger partial charge on any atom is -0.326 e. The number of hydrogen-bond donors (Lipinski definition) is 1. The molecule has 0 spiro atoms. The third-order valence-electron chi connectivity index (χ3n) is 1.55. The van der Waals surface area contributed by atoms with Gasteiger partial charge in [-0.2, -0.15) is 0 Å². The van der Waals surface area contributed by atoms with Crippen LogP contribution in [0.2, 0.25) is 0 Å². The molecule has 2 N–H and O–H groups in total. The summed E-state index contributed by atoms with van der Waals surface area (Å²) in [6, 6.07) is 3.19. The van der Waals surface area contributed by atoms with Crippen LogP contribution in [0, 0.1) is 5.82 Å². The van der Waals surface area contributed by atoms with E-state index in [-0.39, 0.29) is 5.82 Å². The lowest BCUT2D eigenvalue weighted by atomic mass is 9.94. The van der Waals surface area contributed by atoms with Crippen LogP contribution >= 0.6 is 15.9 Å². The molecular weight excluding hydrogens is 208 g/mol. The highest BCUT2D eigenvalue weighted by atomic mass is 79.9. The van der Waals surface area contributed by atoms with Crippen molar-refractivity contribution in [1.82, 2.24) is 0 Å². The Hall–Kier alpha value is -0.345. The smallest absolute Gasteiger partial charge is 0.143 e. The minimum atomic E-state index is -0.200. The summed E-state index contributed by atoms with van der Waals surface area (Å²) < 4.78 is 13.6. The molecule has 0 bridgehead atoms. The van der Waals surface area contributed by atoms with Crippen molar-refractivity contribution >= 4 is 29.2 Å². The van der Waals surface area contributed by atoms with Gasteiger partial charge < -0.3 is 5.73 Å². The Balaban J connectivity index is 3.21. The van der Waals surface area contributed by atoms with Gasteiger partial charge in [0.1, 0.15) is 13.7 Å². The fourth-order valence-corrected chi connectivity index (χ4v) is 1.35. The fourth-order valence-electron chi connectivity index (χ4n) is 0.873. The van der Waals surface area contributed by atoms with Crippen molar-refractivity contribution < 1.29 is 4.39 Å². The summed E-state index contributed by atoms with van der Waals surface area (Å²) in [7, 11) is 1.72. The molecule has 0 aliphatic carbocycles. The van der Waals surface area contributed by atoms with E-state index < -0.39 is 0 Å². The first kappa shape index (κ1) is 8.75. The first-order valence-electron chi connectivity index (χ1n) is 3.29. The molecule has 0 unspecified atom stereocenters. The predicted octanol–water partition coefficient (Wildman–Crippen LogP) is 0.305. The van der Waals surface area contributed by atoms with Gasteiger partial charge in [0.05, 0.1) is 0 Å². The molecule has 1 nitrogen and oxygen atoms in total. The zero-order valence-corrected chi connectivity index (χ0v) is 7.78. The molecule has 0 saturated carbocycles. The second kappa shape index (κ2) is 3.37. The van der Waals surface area contributed by atoms with Gasteiger partial charge in [0.2, 0.25) is 0 Å². The molecule has 1 rings (SSSR count). The Morgan fingerprint density at radius 3 is 2.73 bits per heavy atom. The SMILES string of the molecule is Bc1cc(CN)c(Br)cc1F. The Labute approximate surface area is 74.3 Å².